The molecule has 86 valence electrons. The number of hydrogen-bond acceptors (Lipinski definition) is 1. The molecule has 1 aromatic rings. The van der Waals surface area contributed by atoms with Crippen molar-refractivity contribution >= 4 is 5.97 Å². The quantitative estimate of drug-likeness (QED) is 0.713. The summed E-state index contributed by atoms with van der Waals surface area (Å²) in [5.41, 5.74) is 1.26. The van der Waals surface area contributed by atoms with Crippen LogP contribution in [0.3, 0.4) is 0 Å². The lowest BCUT2D eigenvalue weighted by Gasteiger charge is -2.13. The molecule has 0 aromatic heterocycles. The average Bonchev–Trinajstić information content (AvgIpc) is 2.27. The number of allylic oxidation sites excluding steroid dienone is 1. The van der Waals surface area contributed by atoms with E-state index in [1.807, 2.05) is 24.3 Å². The Labute approximate surface area is 96.6 Å². The van der Waals surface area contributed by atoms with Gasteiger partial charge in [0.2, 0.25) is 0 Å². The predicted molar refractivity (Wildman–Crippen MR) is 65.3 cm³/mol. The third-order valence-corrected chi connectivity index (χ3v) is 2.63. The van der Waals surface area contributed by atoms with E-state index in [9.17, 15) is 4.79 Å². The summed E-state index contributed by atoms with van der Waals surface area (Å²) >= 11 is 0. The zero-order valence-corrected chi connectivity index (χ0v) is 9.43. The molecule has 0 heterocycles. The van der Waals surface area contributed by atoms with Gasteiger partial charge in [-0.2, -0.15) is 0 Å². The van der Waals surface area contributed by atoms with E-state index < -0.39 is 5.97 Å². The fourth-order valence-electron chi connectivity index (χ4n) is 1.81. The molecule has 0 radical (unpaired) electrons. The van der Waals surface area contributed by atoms with Crippen molar-refractivity contribution in [1.82, 2.24) is 0 Å². The normalized spacial score (nSPS) is 12.0. The highest BCUT2D eigenvalue weighted by Crippen LogP contribution is 2.18. The van der Waals surface area contributed by atoms with Crippen LogP contribution < -0.4 is 0 Å². The van der Waals surface area contributed by atoms with Crippen molar-refractivity contribution in [2.24, 2.45) is 5.92 Å². The molecule has 0 spiro atoms. The molecule has 0 saturated heterocycles. The van der Waals surface area contributed by atoms with Crippen LogP contribution in [-0.2, 0) is 11.2 Å². The SMILES string of the molecule is C=CC[C@@H](CCC(=O)O)Cc1ccccc1. The van der Waals surface area contributed by atoms with Crippen molar-refractivity contribution < 1.29 is 9.90 Å². The minimum Gasteiger partial charge on any atom is -0.481 e. The van der Waals surface area contributed by atoms with Crippen LogP contribution in [0.15, 0.2) is 43.0 Å². The van der Waals surface area contributed by atoms with Gasteiger partial charge in [0.15, 0.2) is 0 Å². The molecule has 0 amide bonds. The fourth-order valence-corrected chi connectivity index (χ4v) is 1.81. The molecule has 0 aliphatic heterocycles. The lowest BCUT2D eigenvalue weighted by molar-refractivity contribution is -0.137. The third kappa shape index (κ3) is 4.78. The highest BCUT2D eigenvalue weighted by molar-refractivity contribution is 5.66. The average molecular weight is 218 g/mol. The Morgan fingerprint density at radius 3 is 2.62 bits per heavy atom. The van der Waals surface area contributed by atoms with Gasteiger partial charge in [0.1, 0.15) is 0 Å². The molecule has 1 N–H and O–H groups in total. The molecule has 2 nitrogen and oxygen atoms in total. The van der Waals surface area contributed by atoms with E-state index in [-0.39, 0.29) is 6.42 Å². The molecule has 0 aliphatic carbocycles. The summed E-state index contributed by atoms with van der Waals surface area (Å²) in [6.45, 7) is 3.72. The van der Waals surface area contributed by atoms with Gasteiger partial charge in [0.25, 0.3) is 0 Å². The number of rotatable bonds is 7. The Morgan fingerprint density at radius 1 is 1.38 bits per heavy atom. The molecule has 0 bridgehead atoms. The van der Waals surface area contributed by atoms with Crippen molar-refractivity contribution in [1.29, 1.82) is 0 Å². The van der Waals surface area contributed by atoms with Crippen molar-refractivity contribution in [3.05, 3.63) is 48.6 Å². The summed E-state index contributed by atoms with van der Waals surface area (Å²) in [6, 6.07) is 10.2. The standard InChI is InChI=1S/C14H18O2/c1-2-6-12(9-10-14(15)16)11-13-7-4-3-5-8-13/h2-5,7-8,12H,1,6,9-11H2,(H,15,16)/t12-/m0/s1. The fraction of sp³-hybridized carbons (Fsp3) is 0.357. The van der Waals surface area contributed by atoms with Crippen LogP contribution in [0.4, 0.5) is 0 Å². The van der Waals surface area contributed by atoms with E-state index in [1.54, 1.807) is 0 Å². The van der Waals surface area contributed by atoms with Crippen LogP contribution in [0.5, 0.6) is 0 Å². The van der Waals surface area contributed by atoms with Gasteiger partial charge in [-0.15, -0.1) is 6.58 Å². The molecule has 0 fully saturated rings. The first-order valence-electron chi connectivity index (χ1n) is 5.59. The second-order valence-electron chi connectivity index (χ2n) is 4.01. The van der Waals surface area contributed by atoms with Crippen LogP contribution in [0.25, 0.3) is 0 Å². The summed E-state index contributed by atoms with van der Waals surface area (Å²) in [6.07, 6.45) is 4.64. The minimum atomic E-state index is -0.720. The number of carboxylic acids is 1. The van der Waals surface area contributed by atoms with Gasteiger partial charge in [-0.1, -0.05) is 36.4 Å². The van der Waals surface area contributed by atoms with Gasteiger partial charge >= 0.3 is 5.97 Å². The van der Waals surface area contributed by atoms with Crippen LogP contribution in [-0.4, -0.2) is 11.1 Å². The third-order valence-electron chi connectivity index (χ3n) is 2.63. The largest absolute Gasteiger partial charge is 0.481 e. The molecular weight excluding hydrogens is 200 g/mol. The smallest absolute Gasteiger partial charge is 0.303 e. The maximum Gasteiger partial charge on any atom is 0.303 e. The van der Waals surface area contributed by atoms with Gasteiger partial charge in [0.05, 0.1) is 0 Å². The summed E-state index contributed by atoms with van der Waals surface area (Å²) in [4.78, 5) is 10.5. The van der Waals surface area contributed by atoms with Crippen molar-refractivity contribution in [3.63, 3.8) is 0 Å². The molecule has 0 unspecified atom stereocenters. The number of hydrogen-bond donors (Lipinski definition) is 1. The van der Waals surface area contributed by atoms with Crippen LogP contribution >= 0.6 is 0 Å². The Bertz CT molecular complexity index is 330. The van der Waals surface area contributed by atoms with Gasteiger partial charge in [-0.3, -0.25) is 4.79 Å². The van der Waals surface area contributed by atoms with E-state index in [0.717, 1.165) is 19.3 Å². The van der Waals surface area contributed by atoms with E-state index in [2.05, 4.69) is 18.7 Å². The maximum atomic E-state index is 10.5. The van der Waals surface area contributed by atoms with Crippen molar-refractivity contribution in [2.75, 3.05) is 0 Å². The van der Waals surface area contributed by atoms with Gasteiger partial charge in [-0.05, 0) is 30.7 Å². The summed E-state index contributed by atoms with van der Waals surface area (Å²) in [5, 5.41) is 8.67. The maximum absolute atomic E-state index is 10.5. The Hall–Kier alpha value is -1.57. The first-order chi connectivity index (χ1) is 7.72. The zero-order chi connectivity index (χ0) is 11.8. The molecule has 1 rings (SSSR count). The van der Waals surface area contributed by atoms with Gasteiger partial charge in [0, 0.05) is 6.42 Å². The number of benzene rings is 1. The molecule has 0 aliphatic rings. The molecule has 16 heavy (non-hydrogen) atoms. The van der Waals surface area contributed by atoms with Crippen molar-refractivity contribution in [3.8, 4) is 0 Å². The van der Waals surface area contributed by atoms with Crippen LogP contribution in [0.2, 0.25) is 0 Å². The molecule has 2 heteroatoms. The number of carboxylic acid groups (broad SMARTS) is 1. The van der Waals surface area contributed by atoms with E-state index in [0.29, 0.717) is 5.92 Å². The van der Waals surface area contributed by atoms with Gasteiger partial charge in [-0.25, -0.2) is 0 Å². The minimum absolute atomic E-state index is 0.241. The highest BCUT2D eigenvalue weighted by atomic mass is 16.4. The predicted octanol–water partition coefficient (Wildman–Crippen LogP) is 3.29. The van der Waals surface area contributed by atoms with E-state index in [4.69, 9.17) is 5.11 Å². The highest BCUT2D eigenvalue weighted by Gasteiger charge is 2.10. The lowest BCUT2D eigenvalue weighted by Crippen LogP contribution is -2.07. The first-order valence-corrected chi connectivity index (χ1v) is 5.59. The summed E-state index contributed by atoms with van der Waals surface area (Å²) in [7, 11) is 0. The Kier molecular flexibility index (Phi) is 5.34. The topological polar surface area (TPSA) is 37.3 Å². The summed E-state index contributed by atoms with van der Waals surface area (Å²) in [5.74, 6) is -0.335. The molecule has 1 aromatic carbocycles. The van der Waals surface area contributed by atoms with Gasteiger partial charge < -0.3 is 5.11 Å². The van der Waals surface area contributed by atoms with Crippen LogP contribution in [0, 0.1) is 5.92 Å². The second kappa shape index (κ2) is 6.83. The Balaban J connectivity index is 2.50. The van der Waals surface area contributed by atoms with Crippen LogP contribution in [0.1, 0.15) is 24.8 Å². The first kappa shape index (κ1) is 12.5. The molecule has 1 atom stereocenters. The monoisotopic (exact) mass is 218 g/mol. The Morgan fingerprint density at radius 2 is 2.06 bits per heavy atom. The number of carbonyl (C=O) groups is 1. The number of aliphatic carboxylic acids is 1. The second-order valence-corrected chi connectivity index (χ2v) is 4.01. The zero-order valence-electron chi connectivity index (χ0n) is 9.43. The summed E-state index contributed by atoms with van der Waals surface area (Å²) < 4.78 is 0. The van der Waals surface area contributed by atoms with E-state index in [1.165, 1.54) is 5.56 Å². The molecular formula is C14H18O2. The van der Waals surface area contributed by atoms with E-state index >= 15 is 0 Å². The molecule has 0 saturated carbocycles. The lowest BCUT2D eigenvalue weighted by atomic mass is 9.92. The van der Waals surface area contributed by atoms with Crippen molar-refractivity contribution in [2.45, 2.75) is 25.7 Å².